The molecule has 7 nitrogen and oxygen atoms in total. The number of nitrogens with zero attached hydrogens (tertiary/aromatic N) is 3. The van der Waals surface area contributed by atoms with E-state index in [1.165, 1.54) is 0 Å². The smallest absolute Gasteiger partial charge is 0.265 e. The van der Waals surface area contributed by atoms with Gasteiger partial charge in [-0.15, -0.1) is 0 Å². The molecular weight excluding hydrogens is 404 g/mol. The highest BCUT2D eigenvalue weighted by Gasteiger charge is 2.20. The van der Waals surface area contributed by atoms with Gasteiger partial charge in [-0.2, -0.15) is 9.97 Å². The zero-order valence-corrected chi connectivity index (χ0v) is 17.0. The molecule has 1 amide bonds. The number of nitrogens with one attached hydrogen (secondary N) is 1. The maximum Gasteiger partial charge on any atom is 0.265 e. The first-order valence-corrected chi connectivity index (χ1v) is 9.87. The summed E-state index contributed by atoms with van der Waals surface area (Å²) in [5, 5.41) is 8.15. The van der Waals surface area contributed by atoms with Gasteiger partial charge in [0.2, 0.25) is 5.88 Å². The number of fused-ring (bicyclic) bond motifs is 1. The van der Waals surface area contributed by atoms with Gasteiger partial charge in [0.15, 0.2) is 6.61 Å². The summed E-state index contributed by atoms with van der Waals surface area (Å²) in [6.07, 6.45) is 0.594. The molecule has 30 heavy (non-hydrogen) atoms. The second-order valence-electron chi connectivity index (χ2n) is 6.57. The van der Waals surface area contributed by atoms with E-state index in [1.54, 1.807) is 12.1 Å². The maximum absolute atomic E-state index is 12.3. The SMILES string of the molecule is CCc1nc(OCC(=O)NCc2ccc(Cl)cc2)c2c(-c3ccccc3)noc2n1. The highest BCUT2D eigenvalue weighted by atomic mass is 35.5. The number of carbonyl (C=O) groups is 1. The third-order valence-corrected chi connectivity index (χ3v) is 4.71. The normalized spacial score (nSPS) is 10.9. The zero-order valence-electron chi connectivity index (χ0n) is 16.3. The van der Waals surface area contributed by atoms with E-state index in [4.69, 9.17) is 20.9 Å². The van der Waals surface area contributed by atoms with Gasteiger partial charge in [0, 0.05) is 23.6 Å². The second kappa shape index (κ2) is 8.92. The molecule has 0 aliphatic rings. The number of carbonyl (C=O) groups excluding carboxylic acids is 1. The van der Waals surface area contributed by atoms with Gasteiger partial charge in [-0.1, -0.05) is 66.1 Å². The van der Waals surface area contributed by atoms with Crippen LogP contribution in [0.5, 0.6) is 5.88 Å². The molecule has 2 aromatic heterocycles. The van der Waals surface area contributed by atoms with Crippen LogP contribution in [-0.2, 0) is 17.8 Å². The number of halogens is 1. The molecule has 8 heteroatoms. The average molecular weight is 423 g/mol. The topological polar surface area (TPSA) is 90.1 Å². The number of ether oxygens (including phenoxy) is 1. The van der Waals surface area contributed by atoms with Gasteiger partial charge in [-0.3, -0.25) is 4.79 Å². The summed E-state index contributed by atoms with van der Waals surface area (Å²) in [7, 11) is 0. The Morgan fingerprint density at radius 2 is 1.87 bits per heavy atom. The number of aromatic nitrogens is 3. The fraction of sp³-hybridized carbons (Fsp3) is 0.182. The van der Waals surface area contributed by atoms with E-state index >= 15 is 0 Å². The largest absolute Gasteiger partial charge is 0.467 e. The first kappa shape index (κ1) is 19.8. The third kappa shape index (κ3) is 4.41. The van der Waals surface area contributed by atoms with Crippen molar-refractivity contribution in [2.75, 3.05) is 6.61 Å². The van der Waals surface area contributed by atoms with E-state index in [1.807, 2.05) is 49.4 Å². The van der Waals surface area contributed by atoms with E-state index in [0.717, 1.165) is 11.1 Å². The van der Waals surface area contributed by atoms with Crippen LogP contribution in [0, 0.1) is 0 Å². The lowest BCUT2D eigenvalue weighted by Crippen LogP contribution is -2.28. The molecule has 0 saturated carbocycles. The van der Waals surface area contributed by atoms with E-state index in [2.05, 4.69) is 20.4 Å². The van der Waals surface area contributed by atoms with Gasteiger partial charge >= 0.3 is 0 Å². The van der Waals surface area contributed by atoms with E-state index in [9.17, 15) is 4.79 Å². The molecule has 2 heterocycles. The van der Waals surface area contributed by atoms with Crippen molar-refractivity contribution in [3.63, 3.8) is 0 Å². The van der Waals surface area contributed by atoms with Crippen molar-refractivity contribution < 1.29 is 14.1 Å². The molecule has 0 bridgehead atoms. The average Bonchev–Trinajstić information content (AvgIpc) is 3.21. The Morgan fingerprint density at radius 1 is 1.10 bits per heavy atom. The number of hydrogen-bond donors (Lipinski definition) is 1. The lowest BCUT2D eigenvalue weighted by atomic mass is 10.1. The molecule has 0 aliphatic heterocycles. The van der Waals surface area contributed by atoms with E-state index in [0.29, 0.717) is 40.6 Å². The van der Waals surface area contributed by atoms with Gasteiger partial charge in [0.05, 0.1) is 0 Å². The summed E-state index contributed by atoms with van der Waals surface area (Å²) < 4.78 is 11.2. The summed E-state index contributed by atoms with van der Waals surface area (Å²) >= 11 is 5.88. The van der Waals surface area contributed by atoms with Crippen molar-refractivity contribution in [1.82, 2.24) is 20.4 Å². The minimum Gasteiger partial charge on any atom is -0.467 e. The van der Waals surface area contributed by atoms with Crippen molar-refractivity contribution >= 4 is 28.6 Å². The van der Waals surface area contributed by atoms with Gasteiger partial charge < -0.3 is 14.6 Å². The predicted molar refractivity (Wildman–Crippen MR) is 113 cm³/mol. The van der Waals surface area contributed by atoms with Gasteiger partial charge in [-0.25, -0.2) is 0 Å². The van der Waals surface area contributed by atoms with Crippen LogP contribution in [0.25, 0.3) is 22.4 Å². The molecule has 0 atom stereocenters. The number of amides is 1. The van der Waals surface area contributed by atoms with Crippen molar-refractivity contribution in [3.05, 3.63) is 71.0 Å². The van der Waals surface area contributed by atoms with Crippen molar-refractivity contribution in [2.24, 2.45) is 0 Å². The maximum atomic E-state index is 12.3. The van der Waals surface area contributed by atoms with Crippen LogP contribution in [0.1, 0.15) is 18.3 Å². The predicted octanol–water partition coefficient (Wildman–Crippen LogP) is 4.20. The molecular formula is C22H19ClN4O3. The second-order valence-corrected chi connectivity index (χ2v) is 7.00. The first-order valence-electron chi connectivity index (χ1n) is 9.49. The summed E-state index contributed by atoms with van der Waals surface area (Å²) in [5.74, 6) is 0.556. The monoisotopic (exact) mass is 422 g/mol. The van der Waals surface area contributed by atoms with E-state index in [-0.39, 0.29) is 18.4 Å². The summed E-state index contributed by atoms with van der Waals surface area (Å²) in [5.41, 5.74) is 2.69. The fourth-order valence-electron chi connectivity index (χ4n) is 2.91. The zero-order chi connectivity index (χ0) is 20.9. The van der Waals surface area contributed by atoms with Gasteiger partial charge in [-0.05, 0) is 17.7 Å². The van der Waals surface area contributed by atoms with Crippen LogP contribution >= 0.6 is 11.6 Å². The molecule has 0 aliphatic carbocycles. The minimum atomic E-state index is -0.271. The third-order valence-electron chi connectivity index (χ3n) is 4.46. The number of benzene rings is 2. The van der Waals surface area contributed by atoms with Crippen molar-refractivity contribution in [3.8, 4) is 17.1 Å². The summed E-state index contributed by atoms with van der Waals surface area (Å²) in [6, 6.07) is 16.8. The Labute approximate surface area is 178 Å². The Kier molecular flexibility index (Phi) is 5.90. The molecule has 0 spiro atoms. The van der Waals surface area contributed by atoms with Crippen molar-refractivity contribution in [1.29, 1.82) is 0 Å². The van der Waals surface area contributed by atoms with Gasteiger partial charge in [0.1, 0.15) is 16.9 Å². The van der Waals surface area contributed by atoms with Crippen molar-refractivity contribution in [2.45, 2.75) is 19.9 Å². The molecule has 0 radical (unpaired) electrons. The molecule has 4 rings (SSSR count). The number of hydrogen-bond acceptors (Lipinski definition) is 6. The van der Waals surface area contributed by atoms with Crippen LogP contribution in [0.4, 0.5) is 0 Å². The molecule has 0 saturated heterocycles. The highest BCUT2D eigenvalue weighted by molar-refractivity contribution is 6.30. The molecule has 0 fully saturated rings. The highest BCUT2D eigenvalue weighted by Crippen LogP contribution is 2.33. The van der Waals surface area contributed by atoms with Crippen LogP contribution in [0.15, 0.2) is 59.1 Å². The van der Waals surface area contributed by atoms with E-state index < -0.39 is 0 Å². The first-order chi connectivity index (χ1) is 14.6. The Bertz CT molecular complexity index is 1160. The fourth-order valence-corrected chi connectivity index (χ4v) is 3.04. The quantitative estimate of drug-likeness (QED) is 0.480. The van der Waals surface area contributed by atoms with Crippen LogP contribution < -0.4 is 10.1 Å². The molecule has 0 unspecified atom stereocenters. The Hall–Kier alpha value is -3.45. The number of aryl methyl sites for hydroxylation is 1. The molecule has 1 N–H and O–H groups in total. The minimum absolute atomic E-state index is 0.192. The molecule has 2 aromatic carbocycles. The summed E-state index contributed by atoms with van der Waals surface area (Å²) in [6.45, 7) is 2.11. The van der Waals surface area contributed by atoms with Crippen LogP contribution in [0.2, 0.25) is 5.02 Å². The van der Waals surface area contributed by atoms with Crippen LogP contribution in [-0.4, -0.2) is 27.6 Å². The Morgan fingerprint density at radius 3 is 2.60 bits per heavy atom. The Balaban J connectivity index is 1.53. The molecule has 4 aromatic rings. The lowest BCUT2D eigenvalue weighted by Gasteiger charge is -2.09. The molecule has 152 valence electrons. The standard InChI is InChI=1S/C22H19ClN4O3/c1-2-17-25-21(29-13-18(28)24-12-14-8-10-16(23)11-9-14)19-20(27-30-22(19)26-17)15-6-4-3-5-7-15/h3-11H,2,12-13H2,1H3,(H,24,28). The van der Waals surface area contributed by atoms with Gasteiger partial charge in [0.25, 0.3) is 11.6 Å². The number of rotatable bonds is 7. The van der Waals surface area contributed by atoms with Crippen LogP contribution in [0.3, 0.4) is 0 Å². The lowest BCUT2D eigenvalue weighted by molar-refractivity contribution is -0.123. The summed E-state index contributed by atoms with van der Waals surface area (Å²) in [4.78, 5) is 21.1.